The maximum atomic E-state index is 11.3. The summed E-state index contributed by atoms with van der Waals surface area (Å²) in [4.78, 5) is 30.0. The smallest absolute Gasteiger partial charge is 0.258 e. The van der Waals surface area contributed by atoms with Gasteiger partial charge < -0.3 is 10.6 Å². The van der Waals surface area contributed by atoms with Gasteiger partial charge in [-0.15, -0.1) is 0 Å². The van der Waals surface area contributed by atoms with Crippen molar-refractivity contribution < 1.29 is 9.59 Å². The molecule has 0 atom stereocenters. The lowest BCUT2D eigenvalue weighted by atomic mass is 10.2. The molecular weight excluding hydrogens is 416 g/mol. The lowest BCUT2D eigenvalue weighted by Crippen LogP contribution is -2.20. The monoisotopic (exact) mass is 424 g/mol. The molecule has 2 N–H and O–H groups in total. The van der Waals surface area contributed by atoms with Crippen LogP contribution in [0, 0.1) is 0 Å². The van der Waals surface area contributed by atoms with E-state index in [1.54, 1.807) is 18.5 Å². The first-order chi connectivity index (χ1) is 10.5. The molecule has 2 aliphatic rings. The Morgan fingerprint density at radius 3 is 2.36 bits per heavy atom. The number of nitrogens with one attached hydrogen (secondary N) is 2. The van der Waals surface area contributed by atoms with Gasteiger partial charge in [-0.25, -0.2) is 9.97 Å². The van der Waals surface area contributed by atoms with E-state index in [9.17, 15) is 9.59 Å². The highest BCUT2D eigenvalue weighted by Crippen LogP contribution is 2.46. The first-order valence-corrected chi connectivity index (χ1v) is 7.95. The molecule has 0 radical (unpaired) electrons. The number of hydrogen-bond acceptors (Lipinski definition) is 4. The first kappa shape index (κ1) is 15.1. The number of aromatic nitrogens is 2. The van der Waals surface area contributed by atoms with Crippen molar-refractivity contribution >= 4 is 55.3 Å². The fraction of sp³-hybridized carbons (Fsp3) is 0.143. The average Bonchev–Trinajstić information content (AvgIpc) is 2.97. The summed E-state index contributed by atoms with van der Waals surface area (Å²) in [7, 11) is 0. The number of nitrogens with zero attached hydrogens (tertiary/aromatic N) is 2. The molecule has 4 heterocycles. The van der Waals surface area contributed by atoms with Crippen molar-refractivity contribution in [3.05, 3.63) is 47.8 Å². The van der Waals surface area contributed by atoms with Gasteiger partial charge in [0.2, 0.25) is 5.91 Å². The molecule has 2 aromatic heterocycles. The van der Waals surface area contributed by atoms with Gasteiger partial charge in [0.15, 0.2) is 3.23 Å². The number of rotatable bonds is 0. The fourth-order valence-electron chi connectivity index (χ4n) is 2.11. The van der Waals surface area contributed by atoms with Crippen LogP contribution in [0.1, 0.15) is 11.1 Å². The minimum atomic E-state index is -0.802. The molecule has 0 bridgehead atoms. The minimum Gasteiger partial charge on any atom is -0.310 e. The van der Waals surface area contributed by atoms with E-state index < -0.39 is 3.23 Å². The Labute approximate surface area is 143 Å². The molecule has 0 saturated heterocycles. The van der Waals surface area contributed by atoms with E-state index in [1.165, 1.54) is 0 Å². The Kier molecular flexibility index (Phi) is 3.96. The predicted molar refractivity (Wildman–Crippen MR) is 89.0 cm³/mol. The summed E-state index contributed by atoms with van der Waals surface area (Å²) in [6.07, 6.45) is 3.79. The molecule has 0 unspecified atom stereocenters. The van der Waals surface area contributed by atoms with E-state index in [0.717, 1.165) is 11.1 Å². The number of carbonyl (C=O) groups excluding carboxylic acids is 2. The van der Waals surface area contributed by atoms with Crippen LogP contribution >= 0.6 is 31.9 Å². The van der Waals surface area contributed by atoms with E-state index in [0.29, 0.717) is 18.1 Å². The molecule has 0 fully saturated rings. The standard InChI is InChI=1S/C7H4Br2N2O.C7H6N2O/c8-7(9)4-2-1-3-10-5(4)11-6(7)12;10-6-4-5-2-1-3-8-7(5)9-6/h1-3H,(H,10,11,12);1-3H,4H2,(H,8,9,10). The van der Waals surface area contributed by atoms with E-state index in [2.05, 4.69) is 52.5 Å². The molecule has 2 aromatic rings. The molecular formula is C14H10Br2N4O2. The molecule has 0 aliphatic carbocycles. The summed E-state index contributed by atoms with van der Waals surface area (Å²) in [5, 5.41) is 5.29. The van der Waals surface area contributed by atoms with Gasteiger partial charge in [-0.3, -0.25) is 9.59 Å². The van der Waals surface area contributed by atoms with Gasteiger partial charge in [-0.2, -0.15) is 0 Å². The van der Waals surface area contributed by atoms with Gasteiger partial charge in [-0.05, 0) is 12.1 Å². The largest absolute Gasteiger partial charge is 0.310 e. The van der Waals surface area contributed by atoms with Crippen LogP contribution in [-0.2, 0) is 19.2 Å². The van der Waals surface area contributed by atoms with Crippen molar-refractivity contribution in [1.29, 1.82) is 0 Å². The Hall–Kier alpha value is -1.80. The van der Waals surface area contributed by atoms with Gasteiger partial charge in [0, 0.05) is 23.5 Å². The van der Waals surface area contributed by atoms with E-state index >= 15 is 0 Å². The summed E-state index contributed by atoms with van der Waals surface area (Å²) in [6.45, 7) is 0. The molecule has 2 aliphatic heterocycles. The number of pyridine rings is 2. The summed E-state index contributed by atoms with van der Waals surface area (Å²) >= 11 is 6.54. The second kappa shape index (κ2) is 5.77. The third-order valence-electron chi connectivity index (χ3n) is 3.16. The fourth-order valence-corrected chi connectivity index (χ4v) is 2.95. The Morgan fingerprint density at radius 1 is 1.00 bits per heavy atom. The van der Waals surface area contributed by atoms with Crippen molar-refractivity contribution in [3.63, 3.8) is 0 Å². The molecule has 0 aromatic carbocycles. The Morgan fingerprint density at radius 2 is 1.68 bits per heavy atom. The molecule has 22 heavy (non-hydrogen) atoms. The van der Waals surface area contributed by atoms with E-state index in [4.69, 9.17) is 0 Å². The highest BCUT2D eigenvalue weighted by Gasteiger charge is 2.43. The zero-order valence-electron chi connectivity index (χ0n) is 11.1. The van der Waals surface area contributed by atoms with Crippen molar-refractivity contribution in [2.75, 3.05) is 10.6 Å². The van der Waals surface area contributed by atoms with Gasteiger partial charge in [0.1, 0.15) is 11.6 Å². The van der Waals surface area contributed by atoms with Gasteiger partial charge >= 0.3 is 0 Å². The van der Waals surface area contributed by atoms with Crippen LogP contribution in [0.25, 0.3) is 0 Å². The number of alkyl halides is 2. The summed E-state index contributed by atoms with van der Waals surface area (Å²) in [5.74, 6) is 1.22. The minimum absolute atomic E-state index is 0.0358. The number of halogens is 2. The summed E-state index contributed by atoms with van der Waals surface area (Å²) < 4.78 is -0.802. The molecule has 8 heteroatoms. The second-order valence-electron chi connectivity index (χ2n) is 4.66. The number of carbonyl (C=O) groups is 2. The molecule has 4 rings (SSSR count). The SMILES string of the molecule is O=C1Cc2cccnc2N1.O=C1Nc2ncccc2C1(Br)Br. The maximum absolute atomic E-state index is 11.3. The van der Waals surface area contributed by atoms with Gasteiger partial charge in [0.25, 0.3) is 5.91 Å². The second-order valence-corrected chi connectivity index (χ2v) is 8.11. The average molecular weight is 426 g/mol. The zero-order valence-corrected chi connectivity index (χ0v) is 14.3. The molecule has 0 saturated carbocycles. The number of fused-ring (bicyclic) bond motifs is 2. The lowest BCUT2D eigenvalue weighted by Gasteiger charge is -2.08. The number of hydrogen-bond donors (Lipinski definition) is 2. The van der Waals surface area contributed by atoms with Crippen LogP contribution in [-0.4, -0.2) is 21.8 Å². The van der Waals surface area contributed by atoms with Crippen molar-refractivity contribution in [1.82, 2.24) is 9.97 Å². The van der Waals surface area contributed by atoms with Crippen LogP contribution in [0.3, 0.4) is 0 Å². The van der Waals surface area contributed by atoms with Crippen molar-refractivity contribution in [2.24, 2.45) is 0 Å². The Bertz CT molecular complexity index is 737. The maximum Gasteiger partial charge on any atom is 0.258 e. The number of amides is 2. The highest BCUT2D eigenvalue weighted by molar-refractivity contribution is 9.25. The van der Waals surface area contributed by atoms with E-state index in [-0.39, 0.29) is 11.8 Å². The third kappa shape index (κ3) is 2.76. The van der Waals surface area contributed by atoms with Crippen molar-refractivity contribution in [3.8, 4) is 0 Å². The Balaban J connectivity index is 0.000000133. The molecule has 0 spiro atoms. The topological polar surface area (TPSA) is 84.0 Å². The van der Waals surface area contributed by atoms with Crippen LogP contribution in [0.2, 0.25) is 0 Å². The molecule has 2 amide bonds. The molecule has 112 valence electrons. The van der Waals surface area contributed by atoms with Crippen LogP contribution in [0.15, 0.2) is 36.7 Å². The van der Waals surface area contributed by atoms with Crippen molar-refractivity contribution in [2.45, 2.75) is 9.65 Å². The normalized spacial score (nSPS) is 16.8. The predicted octanol–water partition coefficient (Wildman–Crippen LogP) is 2.55. The third-order valence-corrected chi connectivity index (χ3v) is 4.74. The van der Waals surface area contributed by atoms with E-state index in [1.807, 2.05) is 18.2 Å². The zero-order chi connectivity index (χ0) is 15.7. The van der Waals surface area contributed by atoms with Crippen LogP contribution in [0.4, 0.5) is 11.6 Å². The van der Waals surface area contributed by atoms with Gasteiger partial charge in [0.05, 0.1) is 6.42 Å². The van der Waals surface area contributed by atoms with Crippen LogP contribution < -0.4 is 10.6 Å². The lowest BCUT2D eigenvalue weighted by molar-refractivity contribution is -0.116. The molecule has 6 nitrogen and oxygen atoms in total. The van der Waals surface area contributed by atoms with Crippen LogP contribution in [0.5, 0.6) is 0 Å². The highest BCUT2D eigenvalue weighted by atomic mass is 79.9. The quantitative estimate of drug-likeness (QED) is 0.635. The van der Waals surface area contributed by atoms with Gasteiger partial charge in [-0.1, -0.05) is 44.0 Å². The number of anilines is 2. The first-order valence-electron chi connectivity index (χ1n) is 6.37. The summed E-state index contributed by atoms with van der Waals surface area (Å²) in [5.41, 5.74) is 1.81. The summed E-state index contributed by atoms with van der Waals surface area (Å²) in [6, 6.07) is 7.36.